The highest BCUT2D eigenvalue weighted by atomic mass is 16.1. The number of H-pyrrole nitrogens is 2. The van der Waals surface area contributed by atoms with Crippen LogP contribution in [-0.4, -0.2) is 61.5 Å². The van der Waals surface area contributed by atoms with E-state index in [9.17, 15) is 9.59 Å². The van der Waals surface area contributed by atoms with Crippen molar-refractivity contribution in [3.63, 3.8) is 0 Å². The second-order valence-electron chi connectivity index (χ2n) is 13.2. The van der Waals surface area contributed by atoms with Gasteiger partial charge in [-0.05, 0) is 68.9 Å². The van der Waals surface area contributed by atoms with E-state index in [0.717, 1.165) is 99.0 Å². The minimum Gasteiger partial charge on any atom is -0.369 e. The van der Waals surface area contributed by atoms with Gasteiger partial charge in [0.2, 0.25) is 0 Å². The van der Waals surface area contributed by atoms with Crippen molar-refractivity contribution in [1.82, 2.24) is 49.9 Å². The number of nitrogens with one attached hydrogen (secondary N) is 2. The molecule has 6 rings (SSSR count). The smallest absolute Gasteiger partial charge is 0.197 e. The van der Waals surface area contributed by atoms with Crippen LogP contribution in [0.5, 0.6) is 0 Å². The molecule has 0 amide bonds. The molecule has 0 radical (unpaired) electrons. The molecular formula is C39H50N12O2. The number of benzene rings is 2. The van der Waals surface area contributed by atoms with E-state index < -0.39 is 0 Å². The molecule has 2 aromatic carbocycles. The second kappa shape index (κ2) is 20.8. The summed E-state index contributed by atoms with van der Waals surface area (Å²) in [5.41, 5.74) is 17.4. The maximum absolute atomic E-state index is 12.1. The molecular weight excluding hydrogens is 669 g/mol. The summed E-state index contributed by atoms with van der Waals surface area (Å²) in [6.45, 7) is 0.560. The number of anilines is 2. The molecule has 14 nitrogen and oxygen atoms in total. The minimum absolute atomic E-state index is 0.131. The molecule has 0 saturated carbocycles. The lowest BCUT2D eigenvalue weighted by atomic mass is 10.1. The fourth-order valence-electron chi connectivity index (χ4n) is 5.91. The van der Waals surface area contributed by atoms with Crippen molar-refractivity contribution >= 4 is 23.5 Å². The number of hydrogen-bond donors (Lipinski definition) is 4. The Morgan fingerprint density at radius 2 is 1.04 bits per heavy atom. The quantitative estimate of drug-likeness (QED) is 0.0726. The van der Waals surface area contributed by atoms with Crippen LogP contribution in [0.4, 0.5) is 11.9 Å². The summed E-state index contributed by atoms with van der Waals surface area (Å²) in [7, 11) is 0. The van der Waals surface area contributed by atoms with E-state index in [0.29, 0.717) is 31.3 Å². The number of nitrogen functional groups attached to an aromatic ring is 2. The number of nitrogens with two attached hydrogens (primary N) is 2. The number of unbranched alkanes of at least 4 members (excludes halogenated alkanes) is 4. The van der Waals surface area contributed by atoms with Crippen molar-refractivity contribution in [2.45, 2.75) is 96.6 Å². The number of aromatic nitrogens is 10. The van der Waals surface area contributed by atoms with E-state index in [2.05, 4.69) is 40.6 Å². The largest absolute Gasteiger partial charge is 0.369 e. The molecule has 53 heavy (non-hydrogen) atoms. The van der Waals surface area contributed by atoms with Gasteiger partial charge in [0, 0.05) is 36.6 Å². The van der Waals surface area contributed by atoms with Crippen LogP contribution in [0.25, 0.3) is 0 Å². The van der Waals surface area contributed by atoms with Gasteiger partial charge in [-0.1, -0.05) is 83.9 Å². The molecule has 0 bridgehead atoms. The molecule has 0 unspecified atom stereocenters. The Hall–Kier alpha value is -5.92. The normalized spacial score (nSPS) is 10.9. The fraction of sp³-hybridized carbons (Fsp3) is 0.385. The van der Waals surface area contributed by atoms with E-state index >= 15 is 0 Å². The number of hydrogen-bond acceptors (Lipinski definition) is 10. The van der Waals surface area contributed by atoms with Gasteiger partial charge < -0.3 is 21.4 Å². The third-order valence-corrected chi connectivity index (χ3v) is 8.68. The van der Waals surface area contributed by atoms with E-state index in [4.69, 9.17) is 11.5 Å². The Kier molecular flexibility index (Phi) is 15.0. The first-order chi connectivity index (χ1) is 25.9. The van der Waals surface area contributed by atoms with Gasteiger partial charge in [-0.2, -0.15) is 0 Å². The molecule has 6 N–H and O–H groups in total. The summed E-state index contributed by atoms with van der Waals surface area (Å²) in [5.74, 6) is 1.25. The Bertz CT molecular complexity index is 1940. The molecule has 6 aromatic rings. The zero-order valence-electron chi connectivity index (χ0n) is 30.2. The maximum Gasteiger partial charge on any atom is 0.197 e. The summed E-state index contributed by atoms with van der Waals surface area (Å²) in [4.78, 5) is 38.3. The van der Waals surface area contributed by atoms with Crippen molar-refractivity contribution in [3.8, 4) is 0 Å². The first kappa shape index (κ1) is 38.3. The monoisotopic (exact) mass is 718 g/mol. The Balaban J connectivity index is 0.000000204. The third kappa shape index (κ3) is 14.3. The molecule has 14 heteroatoms. The van der Waals surface area contributed by atoms with Gasteiger partial charge in [-0.25, -0.2) is 19.3 Å². The Morgan fingerprint density at radius 1 is 0.566 bits per heavy atom. The zero-order chi connectivity index (χ0) is 37.1. The van der Waals surface area contributed by atoms with Gasteiger partial charge in [-0.15, -0.1) is 10.2 Å². The van der Waals surface area contributed by atoms with E-state index in [1.165, 1.54) is 5.56 Å². The molecule has 278 valence electrons. The summed E-state index contributed by atoms with van der Waals surface area (Å²) in [6, 6.07) is 19.8. The molecule has 4 aromatic heterocycles. The van der Waals surface area contributed by atoms with Gasteiger partial charge >= 0.3 is 0 Å². The predicted octanol–water partition coefficient (Wildman–Crippen LogP) is 5.09. The average Bonchev–Trinajstić information content (AvgIpc) is 3.98. The van der Waals surface area contributed by atoms with Crippen LogP contribution >= 0.6 is 0 Å². The van der Waals surface area contributed by atoms with Crippen LogP contribution < -0.4 is 11.5 Å². The van der Waals surface area contributed by atoms with Gasteiger partial charge in [0.1, 0.15) is 13.1 Å². The molecule has 0 aliphatic rings. The van der Waals surface area contributed by atoms with Gasteiger partial charge in [0.15, 0.2) is 23.5 Å². The predicted molar refractivity (Wildman–Crippen MR) is 203 cm³/mol. The highest BCUT2D eigenvalue weighted by Crippen LogP contribution is 2.11. The van der Waals surface area contributed by atoms with Crippen LogP contribution in [0.1, 0.15) is 78.8 Å². The molecule has 0 spiro atoms. The molecule has 0 fully saturated rings. The summed E-state index contributed by atoms with van der Waals surface area (Å²) in [5, 5.41) is 16.5. The second-order valence-corrected chi connectivity index (χ2v) is 13.2. The van der Waals surface area contributed by atoms with Gasteiger partial charge in [0.05, 0.1) is 23.8 Å². The lowest BCUT2D eigenvalue weighted by molar-refractivity contribution is -0.120. The molecule has 0 aliphatic heterocycles. The first-order valence-corrected chi connectivity index (χ1v) is 18.4. The number of aromatic amines is 2. The summed E-state index contributed by atoms with van der Waals surface area (Å²) in [6.07, 6.45) is 19.1. The summed E-state index contributed by atoms with van der Waals surface area (Å²) < 4.78 is 3.28. The number of carbonyl (C=O) groups excluding carboxylic acids is 2. The number of ketones is 2. The van der Waals surface area contributed by atoms with Crippen LogP contribution in [0, 0.1) is 0 Å². The van der Waals surface area contributed by atoms with Crippen LogP contribution in [-0.2, 0) is 61.2 Å². The highest BCUT2D eigenvalue weighted by molar-refractivity contribution is 5.80. The van der Waals surface area contributed by atoms with E-state index in [1.54, 1.807) is 21.8 Å². The number of rotatable bonds is 21. The molecule has 0 aliphatic carbocycles. The standard InChI is InChI=1S/C20H26N6O.C19H24N6O/c21-20-22-13-17(23-20)9-5-2-6-10-18-14-26(25-24-18)15-19(27)12-11-16-7-3-1-4-8-16;20-19-21-12-16(22-19)9-5-2-6-10-17-13-25(24-23-17)14-18(26)11-15-7-3-1-4-8-15/h1,3-4,7-8,13-14H,2,5-6,9-12,15H2,(H3,21,22,23);1,3-4,7-8,12-13H,2,5-6,9-11,14H2,(H3,20,21,22). The van der Waals surface area contributed by atoms with Gasteiger partial charge in [-0.3, -0.25) is 9.59 Å². The maximum atomic E-state index is 12.1. The van der Waals surface area contributed by atoms with Crippen molar-refractivity contribution in [2.75, 3.05) is 11.5 Å². The molecule has 0 saturated heterocycles. The fourth-order valence-corrected chi connectivity index (χ4v) is 5.91. The van der Waals surface area contributed by atoms with E-state index in [1.807, 2.05) is 73.1 Å². The number of aryl methyl sites for hydroxylation is 5. The van der Waals surface area contributed by atoms with Crippen LogP contribution in [0.2, 0.25) is 0 Å². The highest BCUT2D eigenvalue weighted by Gasteiger charge is 2.09. The minimum atomic E-state index is 0.131. The average molecular weight is 719 g/mol. The Morgan fingerprint density at radius 3 is 1.53 bits per heavy atom. The van der Waals surface area contributed by atoms with Crippen molar-refractivity contribution in [1.29, 1.82) is 0 Å². The lowest BCUT2D eigenvalue weighted by Gasteiger charge is -2.01. The molecule has 4 heterocycles. The SMILES string of the molecule is Nc1ncc(CCCCCc2cn(CC(=O)CCc3ccccc3)nn2)[nH]1.Nc1ncc(CCCCCc2cn(CC(=O)Cc3ccccc3)nn2)[nH]1. The number of Topliss-reactive ketones (excluding diaryl/α,β-unsaturated/α-hetero) is 2. The van der Waals surface area contributed by atoms with Crippen LogP contribution in [0.15, 0.2) is 85.5 Å². The van der Waals surface area contributed by atoms with Crippen LogP contribution in [0.3, 0.4) is 0 Å². The summed E-state index contributed by atoms with van der Waals surface area (Å²) >= 11 is 0. The Labute approximate surface area is 309 Å². The third-order valence-electron chi connectivity index (χ3n) is 8.68. The lowest BCUT2D eigenvalue weighted by Crippen LogP contribution is -2.13. The zero-order valence-corrected chi connectivity index (χ0v) is 30.2. The molecule has 0 atom stereocenters. The number of nitrogens with zero attached hydrogens (tertiary/aromatic N) is 8. The van der Waals surface area contributed by atoms with Crippen molar-refractivity contribution in [2.24, 2.45) is 0 Å². The first-order valence-electron chi connectivity index (χ1n) is 18.4. The number of carbonyl (C=O) groups is 2. The van der Waals surface area contributed by atoms with Gasteiger partial charge in [0.25, 0.3) is 0 Å². The van der Waals surface area contributed by atoms with E-state index in [-0.39, 0.29) is 18.1 Å². The van der Waals surface area contributed by atoms with Crippen molar-refractivity contribution in [3.05, 3.63) is 119 Å². The number of imidazole rings is 2. The topological polar surface area (TPSA) is 205 Å². The van der Waals surface area contributed by atoms with Crippen molar-refractivity contribution < 1.29 is 9.59 Å².